The molecule has 164 valence electrons. The molecule has 0 aliphatic carbocycles. The average Bonchev–Trinajstić information content (AvgIpc) is 3.26. The zero-order valence-corrected chi connectivity index (χ0v) is 17.3. The molecule has 0 saturated carbocycles. The molecule has 0 radical (unpaired) electrons. The molecule has 1 aliphatic heterocycles. The molecule has 0 fully saturated rings. The number of Topliss-reactive ketones (excluding diaryl/α,β-unsaturated/α-hetero) is 1. The van der Waals surface area contributed by atoms with Crippen LogP contribution in [0.5, 0.6) is 17.2 Å². The second kappa shape index (κ2) is 10.6. The fourth-order valence-corrected chi connectivity index (χ4v) is 3.58. The van der Waals surface area contributed by atoms with Crippen molar-refractivity contribution in [2.75, 3.05) is 19.6 Å². The Labute approximate surface area is 213 Å². The molecular weight excluding hydrogens is 433 g/mol. The van der Waals surface area contributed by atoms with Gasteiger partial charge in [-0.2, -0.15) is 0 Å². The molecule has 0 atom stereocenters. The van der Waals surface area contributed by atoms with Crippen LogP contribution in [-0.4, -0.2) is 60.3 Å². The number of rotatable bonds is 7. The number of hydrogen-bond donors (Lipinski definition) is 2. The van der Waals surface area contributed by atoms with Crippen molar-refractivity contribution in [3.05, 3.63) is 89.0 Å². The van der Waals surface area contributed by atoms with Gasteiger partial charge in [-0.05, 0) is 59.7 Å². The van der Waals surface area contributed by atoms with Crippen LogP contribution in [0.4, 0.5) is 5.69 Å². The Hall–Kier alpha value is -3.26. The van der Waals surface area contributed by atoms with Gasteiger partial charge in [0.1, 0.15) is 5.75 Å². The Kier molecular flexibility index (Phi) is 7.81. The summed E-state index contributed by atoms with van der Waals surface area (Å²) in [6.45, 7) is 0.0613. The number of aliphatic carboxylic acids is 1. The fraction of sp³-hybridized carbons (Fsp3) is 0.120. The molecule has 0 spiro atoms. The van der Waals surface area contributed by atoms with Crippen molar-refractivity contribution in [3.8, 4) is 17.2 Å². The third-order valence-electron chi connectivity index (χ3n) is 5.14. The van der Waals surface area contributed by atoms with Crippen LogP contribution in [0.25, 0.3) is 5.57 Å². The van der Waals surface area contributed by atoms with Gasteiger partial charge in [-0.1, -0.05) is 18.2 Å². The molecule has 4 rings (SSSR count). The number of methoxy groups -OCH3 is 1. The number of ether oxygens (including phenoxy) is 3. The predicted molar refractivity (Wildman–Crippen MR) is 126 cm³/mol. The summed E-state index contributed by atoms with van der Waals surface area (Å²) in [6, 6.07) is 18.4. The third-order valence-corrected chi connectivity index (χ3v) is 5.14. The van der Waals surface area contributed by atoms with Gasteiger partial charge in [-0.25, -0.2) is 4.79 Å². The van der Waals surface area contributed by atoms with Crippen LogP contribution in [0.3, 0.4) is 0 Å². The van der Waals surface area contributed by atoms with Gasteiger partial charge in [-0.15, -0.1) is 0 Å². The van der Waals surface area contributed by atoms with E-state index in [1.165, 1.54) is 7.11 Å². The first-order chi connectivity index (χ1) is 15.5. The first-order valence-corrected chi connectivity index (χ1v) is 9.86. The van der Waals surface area contributed by atoms with Gasteiger partial charge in [0.25, 0.3) is 0 Å². The van der Waals surface area contributed by atoms with Crippen LogP contribution in [0.15, 0.2) is 72.3 Å². The van der Waals surface area contributed by atoms with Crippen LogP contribution >= 0.6 is 0 Å². The van der Waals surface area contributed by atoms with E-state index in [9.17, 15) is 14.7 Å². The Bertz CT molecular complexity index is 1220. The summed E-state index contributed by atoms with van der Waals surface area (Å²) in [5, 5.41) is 10.1. The van der Waals surface area contributed by atoms with Crippen LogP contribution in [0.2, 0.25) is 0 Å². The van der Waals surface area contributed by atoms with Gasteiger partial charge in [0.15, 0.2) is 17.3 Å². The summed E-state index contributed by atoms with van der Waals surface area (Å²) in [7, 11) is 1.53. The van der Waals surface area contributed by atoms with E-state index < -0.39 is 11.8 Å². The van der Waals surface area contributed by atoms with Crippen molar-refractivity contribution in [1.29, 1.82) is 0 Å². The minimum absolute atomic E-state index is 0. The van der Waals surface area contributed by atoms with Gasteiger partial charge in [0, 0.05) is 23.2 Å². The Morgan fingerprint density at radius 3 is 2.33 bits per heavy atom. The van der Waals surface area contributed by atoms with Gasteiger partial charge < -0.3 is 25.1 Å². The molecule has 3 aromatic rings. The summed E-state index contributed by atoms with van der Waals surface area (Å²) >= 11 is 0. The number of carboxylic acids is 1. The molecule has 7 nitrogen and oxygen atoms in total. The molecular formula is C25H22NNaO6. The van der Waals surface area contributed by atoms with Crippen molar-refractivity contribution in [2.45, 2.75) is 6.42 Å². The summed E-state index contributed by atoms with van der Waals surface area (Å²) in [6.07, 6.45) is 0.0893. The van der Waals surface area contributed by atoms with Gasteiger partial charge in [0.05, 0.1) is 12.7 Å². The van der Waals surface area contributed by atoms with Crippen molar-refractivity contribution in [3.63, 3.8) is 0 Å². The molecule has 0 amide bonds. The van der Waals surface area contributed by atoms with Gasteiger partial charge in [-0.3, -0.25) is 4.79 Å². The molecule has 3 N–H and O–H groups in total. The van der Waals surface area contributed by atoms with Crippen molar-refractivity contribution >= 4 is 52.6 Å². The second-order valence-corrected chi connectivity index (χ2v) is 7.21. The Morgan fingerprint density at radius 2 is 1.67 bits per heavy atom. The number of carbonyl (C=O) groups excluding carboxylic acids is 1. The standard InChI is InChI=1S/C25H21NO6.Na.H/c1-30-19-8-5-16(6-9-19)24(27)20(12-15-3-2-4-18(26)11-15)23(25(28)29)17-7-10-21-22(13-17)32-14-31-21;;/h2-11,13H,12,14,26H2,1H3,(H,28,29);;/b23-20-;;. The summed E-state index contributed by atoms with van der Waals surface area (Å²) in [5.41, 5.74) is 7.88. The molecule has 0 saturated heterocycles. The minimum atomic E-state index is -1.22. The fourth-order valence-electron chi connectivity index (χ4n) is 3.58. The van der Waals surface area contributed by atoms with E-state index in [0.29, 0.717) is 34.1 Å². The number of carboxylic acid groups (broad SMARTS) is 1. The normalized spacial score (nSPS) is 12.4. The van der Waals surface area contributed by atoms with E-state index in [0.717, 1.165) is 5.56 Å². The number of anilines is 1. The molecule has 33 heavy (non-hydrogen) atoms. The first-order valence-electron chi connectivity index (χ1n) is 9.86. The molecule has 0 unspecified atom stereocenters. The van der Waals surface area contributed by atoms with Crippen molar-refractivity contribution in [2.24, 2.45) is 0 Å². The maximum atomic E-state index is 13.5. The van der Waals surface area contributed by atoms with E-state index in [-0.39, 0.29) is 53.9 Å². The summed E-state index contributed by atoms with van der Waals surface area (Å²) in [5.74, 6) is -0.0641. The third kappa shape index (κ3) is 5.39. The summed E-state index contributed by atoms with van der Waals surface area (Å²) < 4.78 is 15.9. The van der Waals surface area contributed by atoms with Crippen molar-refractivity contribution < 1.29 is 28.9 Å². The van der Waals surface area contributed by atoms with Gasteiger partial charge in [0.2, 0.25) is 6.79 Å². The van der Waals surface area contributed by atoms with Crippen LogP contribution in [0.1, 0.15) is 21.5 Å². The Balaban J connectivity index is 0.00000306. The number of benzene rings is 3. The molecule has 8 heteroatoms. The van der Waals surface area contributed by atoms with E-state index in [4.69, 9.17) is 19.9 Å². The molecule has 1 aliphatic rings. The number of nitrogens with two attached hydrogens (primary N) is 1. The first kappa shape index (κ1) is 24.4. The SMILES string of the molecule is COc1ccc(C(=O)/C(Cc2cccc(N)c2)=C(\C(=O)O)c2ccc3c(c2)OCO3)cc1.[NaH]. The monoisotopic (exact) mass is 455 g/mol. The van der Waals surface area contributed by atoms with E-state index in [1.54, 1.807) is 66.7 Å². The van der Waals surface area contributed by atoms with Gasteiger partial charge >= 0.3 is 35.5 Å². The maximum absolute atomic E-state index is 13.5. The zero-order chi connectivity index (χ0) is 22.7. The molecule has 3 aromatic carbocycles. The van der Waals surface area contributed by atoms with Crippen LogP contribution in [-0.2, 0) is 11.2 Å². The average molecular weight is 455 g/mol. The van der Waals surface area contributed by atoms with Crippen LogP contribution in [0, 0.1) is 0 Å². The predicted octanol–water partition coefficient (Wildman–Crippen LogP) is 3.32. The van der Waals surface area contributed by atoms with Crippen molar-refractivity contribution in [1.82, 2.24) is 0 Å². The molecule has 0 bridgehead atoms. The number of hydrogen-bond acceptors (Lipinski definition) is 6. The quantitative estimate of drug-likeness (QED) is 0.244. The van der Waals surface area contributed by atoms with E-state index in [1.807, 2.05) is 0 Å². The number of ketones is 1. The summed E-state index contributed by atoms with van der Waals surface area (Å²) in [4.78, 5) is 25.9. The number of carbonyl (C=O) groups is 2. The van der Waals surface area contributed by atoms with E-state index in [2.05, 4.69) is 0 Å². The zero-order valence-electron chi connectivity index (χ0n) is 17.3. The van der Waals surface area contributed by atoms with Crippen LogP contribution < -0.4 is 19.9 Å². The topological polar surface area (TPSA) is 108 Å². The number of allylic oxidation sites excluding steroid dienone is 1. The van der Waals surface area contributed by atoms with E-state index >= 15 is 0 Å². The number of nitrogen functional groups attached to an aromatic ring is 1. The molecule has 0 aromatic heterocycles. The number of fused-ring (bicyclic) bond motifs is 1. The Morgan fingerprint density at radius 1 is 0.970 bits per heavy atom. The second-order valence-electron chi connectivity index (χ2n) is 7.21. The molecule has 1 heterocycles.